The highest BCUT2D eigenvalue weighted by Gasteiger charge is 2.19. The quantitative estimate of drug-likeness (QED) is 0.384. The number of rotatable bonds is 8. The zero-order valence-electron chi connectivity index (χ0n) is 19.0. The molecule has 178 valence electrons. The number of carbonyl (C=O) groups is 1. The second kappa shape index (κ2) is 11.1. The molecule has 0 atom stereocenters. The van der Waals surface area contributed by atoms with Crippen LogP contribution < -0.4 is 24.6 Å². The van der Waals surface area contributed by atoms with E-state index in [-0.39, 0.29) is 17.5 Å². The monoisotopic (exact) mass is 483 g/mol. The molecular weight excluding hydrogens is 457 g/mol. The van der Waals surface area contributed by atoms with Crippen LogP contribution in [-0.4, -0.2) is 62.0 Å². The summed E-state index contributed by atoms with van der Waals surface area (Å²) in [6, 6.07) is 13.7. The van der Waals surface area contributed by atoms with E-state index in [1.807, 2.05) is 6.07 Å². The molecule has 2 aromatic carbocycles. The van der Waals surface area contributed by atoms with Crippen molar-refractivity contribution < 1.29 is 18.7 Å². The Morgan fingerprint density at radius 3 is 2.38 bits per heavy atom. The summed E-state index contributed by atoms with van der Waals surface area (Å²) in [5.74, 6) is 1.81. The van der Waals surface area contributed by atoms with Gasteiger partial charge in [-0.1, -0.05) is 11.8 Å². The van der Waals surface area contributed by atoms with Gasteiger partial charge in [0.25, 0.3) is 0 Å². The van der Waals surface area contributed by atoms with Crippen LogP contribution in [-0.2, 0) is 4.79 Å². The third-order valence-corrected chi connectivity index (χ3v) is 6.37. The molecule has 8 nitrogen and oxygen atoms in total. The van der Waals surface area contributed by atoms with Crippen molar-refractivity contribution in [1.82, 2.24) is 9.97 Å². The SMILES string of the molecule is COc1ccc(NC(=O)CSc2cc(N3CCN(c4ccc(F)cc4)CC3)ncn2)cc1OC. The number of aromatic nitrogens is 2. The highest BCUT2D eigenvalue weighted by Crippen LogP contribution is 2.30. The van der Waals surface area contributed by atoms with Crippen LogP contribution in [0.3, 0.4) is 0 Å². The molecule has 1 aromatic heterocycles. The third-order valence-electron chi connectivity index (χ3n) is 5.44. The maximum absolute atomic E-state index is 13.2. The minimum atomic E-state index is -0.231. The van der Waals surface area contributed by atoms with Gasteiger partial charge in [-0.15, -0.1) is 0 Å². The van der Waals surface area contributed by atoms with Crippen molar-refractivity contribution in [3.05, 3.63) is 60.7 Å². The molecule has 0 bridgehead atoms. The van der Waals surface area contributed by atoms with Gasteiger partial charge in [0.2, 0.25) is 5.91 Å². The molecule has 0 radical (unpaired) electrons. The Hall–Kier alpha value is -3.53. The van der Waals surface area contributed by atoms with Gasteiger partial charge in [0, 0.05) is 49.7 Å². The van der Waals surface area contributed by atoms with Crippen molar-refractivity contribution in [3.63, 3.8) is 0 Å². The van der Waals surface area contributed by atoms with Gasteiger partial charge in [0.1, 0.15) is 23.0 Å². The van der Waals surface area contributed by atoms with Crippen LogP contribution in [0.25, 0.3) is 0 Å². The van der Waals surface area contributed by atoms with E-state index in [1.54, 1.807) is 44.6 Å². The van der Waals surface area contributed by atoms with E-state index in [0.29, 0.717) is 17.2 Å². The van der Waals surface area contributed by atoms with Crippen LogP contribution in [0.5, 0.6) is 11.5 Å². The van der Waals surface area contributed by atoms with Crippen LogP contribution in [0.4, 0.5) is 21.6 Å². The van der Waals surface area contributed by atoms with E-state index in [2.05, 4.69) is 25.1 Å². The Morgan fingerprint density at radius 1 is 0.971 bits per heavy atom. The number of methoxy groups -OCH3 is 2. The molecule has 1 aliphatic heterocycles. The number of amides is 1. The number of nitrogens with zero attached hydrogens (tertiary/aromatic N) is 4. The molecule has 3 aromatic rings. The van der Waals surface area contributed by atoms with E-state index in [0.717, 1.165) is 42.7 Å². The smallest absolute Gasteiger partial charge is 0.234 e. The Bertz CT molecular complexity index is 1120. The molecule has 0 unspecified atom stereocenters. The van der Waals surface area contributed by atoms with Crippen molar-refractivity contribution in [1.29, 1.82) is 0 Å². The molecule has 2 heterocycles. The van der Waals surface area contributed by atoms with E-state index < -0.39 is 0 Å². The lowest BCUT2D eigenvalue weighted by Crippen LogP contribution is -2.46. The Kier molecular flexibility index (Phi) is 7.69. The van der Waals surface area contributed by atoms with Crippen molar-refractivity contribution >= 4 is 34.9 Å². The number of hydrogen-bond acceptors (Lipinski definition) is 8. The number of anilines is 3. The summed E-state index contributed by atoms with van der Waals surface area (Å²) < 4.78 is 23.7. The van der Waals surface area contributed by atoms with Gasteiger partial charge >= 0.3 is 0 Å². The third kappa shape index (κ3) is 5.88. The zero-order valence-corrected chi connectivity index (χ0v) is 19.8. The zero-order chi connectivity index (χ0) is 23.9. The largest absolute Gasteiger partial charge is 0.493 e. The summed E-state index contributed by atoms with van der Waals surface area (Å²) in [4.78, 5) is 25.6. The second-order valence-corrected chi connectivity index (χ2v) is 8.57. The van der Waals surface area contributed by atoms with Gasteiger partial charge in [0.05, 0.1) is 20.0 Å². The normalized spacial score (nSPS) is 13.5. The average molecular weight is 484 g/mol. The molecule has 1 aliphatic rings. The summed E-state index contributed by atoms with van der Waals surface area (Å²) in [5.41, 5.74) is 1.64. The Balaban J connectivity index is 1.30. The van der Waals surface area contributed by atoms with Crippen LogP contribution >= 0.6 is 11.8 Å². The van der Waals surface area contributed by atoms with E-state index in [9.17, 15) is 9.18 Å². The Labute approximate surface area is 202 Å². The number of hydrogen-bond donors (Lipinski definition) is 1. The topological polar surface area (TPSA) is 79.8 Å². The molecule has 1 fully saturated rings. The number of ether oxygens (including phenoxy) is 2. The highest BCUT2D eigenvalue weighted by molar-refractivity contribution is 7.99. The summed E-state index contributed by atoms with van der Waals surface area (Å²) >= 11 is 1.35. The van der Waals surface area contributed by atoms with Crippen molar-refractivity contribution in [2.45, 2.75) is 5.03 Å². The molecule has 1 amide bonds. The standard InChI is InChI=1S/C24H26FN5O3S/c1-32-20-8-5-18(13-21(20)33-2)28-23(31)15-34-24-14-22(26-16-27-24)30-11-9-29(10-12-30)19-6-3-17(25)4-7-19/h3-8,13-14,16H,9-12,15H2,1-2H3,(H,28,31). The molecule has 1 N–H and O–H groups in total. The fourth-order valence-electron chi connectivity index (χ4n) is 3.68. The van der Waals surface area contributed by atoms with Crippen molar-refractivity contribution in [2.24, 2.45) is 0 Å². The number of piperazine rings is 1. The molecule has 0 aliphatic carbocycles. The number of nitrogens with one attached hydrogen (secondary N) is 1. The number of benzene rings is 2. The lowest BCUT2D eigenvalue weighted by molar-refractivity contribution is -0.113. The fraction of sp³-hybridized carbons (Fsp3) is 0.292. The van der Waals surface area contributed by atoms with Crippen molar-refractivity contribution in [3.8, 4) is 11.5 Å². The van der Waals surface area contributed by atoms with Gasteiger partial charge in [0.15, 0.2) is 11.5 Å². The van der Waals surface area contributed by atoms with Crippen LogP contribution in [0.2, 0.25) is 0 Å². The number of carbonyl (C=O) groups excluding carboxylic acids is 1. The molecule has 34 heavy (non-hydrogen) atoms. The predicted molar refractivity (Wildman–Crippen MR) is 132 cm³/mol. The van der Waals surface area contributed by atoms with Gasteiger partial charge in [-0.3, -0.25) is 4.79 Å². The molecule has 0 saturated carbocycles. The van der Waals surface area contributed by atoms with E-state index >= 15 is 0 Å². The first-order valence-electron chi connectivity index (χ1n) is 10.8. The summed E-state index contributed by atoms with van der Waals surface area (Å²) in [7, 11) is 3.11. The summed E-state index contributed by atoms with van der Waals surface area (Å²) in [6.45, 7) is 3.20. The first kappa shape index (κ1) is 23.6. The average Bonchev–Trinajstić information content (AvgIpc) is 2.88. The predicted octanol–water partition coefficient (Wildman–Crippen LogP) is 3.69. The van der Waals surface area contributed by atoms with Crippen LogP contribution in [0.15, 0.2) is 59.9 Å². The lowest BCUT2D eigenvalue weighted by atomic mass is 10.2. The maximum Gasteiger partial charge on any atom is 0.234 e. The van der Waals surface area contributed by atoms with E-state index in [1.165, 1.54) is 30.2 Å². The minimum Gasteiger partial charge on any atom is -0.493 e. The molecule has 4 rings (SSSR count). The van der Waals surface area contributed by atoms with Crippen LogP contribution in [0, 0.1) is 5.82 Å². The molecule has 0 spiro atoms. The van der Waals surface area contributed by atoms with Crippen LogP contribution in [0.1, 0.15) is 0 Å². The van der Waals surface area contributed by atoms with Gasteiger partial charge in [-0.05, 0) is 36.4 Å². The fourth-order valence-corrected chi connectivity index (χ4v) is 4.34. The van der Waals surface area contributed by atoms with Gasteiger partial charge < -0.3 is 24.6 Å². The van der Waals surface area contributed by atoms with Crippen molar-refractivity contribution in [2.75, 3.05) is 61.3 Å². The summed E-state index contributed by atoms with van der Waals surface area (Å²) in [5, 5.41) is 3.59. The Morgan fingerprint density at radius 2 is 1.68 bits per heavy atom. The maximum atomic E-state index is 13.2. The molecule has 10 heteroatoms. The molecule has 1 saturated heterocycles. The number of thioether (sulfide) groups is 1. The second-order valence-electron chi connectivity index (χ2n) is 7.57. The minimum absolute atomic E-state index is 0.148. The highest BCUT2D eigenvalue weighted by atomic mass is 32.2. The van der Waals surface area contributed by atoms with Gasteiger partial charge in [-0.25, -0.2) is 14.4 Å². The lowest BCUT2D eigenvalue weighted by Gasteiger charge is -2.36. The first-order chi connectivity index (χ1) is 16.6. The number of halogens is 1. The molecular formula is C24H26FN5O3S. The van der Waals surface area contributed by atoms with E-state index in [4.69, 9.17) is 9.47 Å². The summed E-state index contributed by atoms with van der Waals surface area (Å²) in [6.07, 6.45) is 1.52. The van der Waals surface area contributed by atoms with Gasteiger partial charge in [-0.2, -0.15) is 0 Å². The first-order valence-corrected chi connectivity index (χ1v) is 11.8.